The van der Waals surface area contributed by atoms with Crippen LogP contribution in [0.3, 0.4) is 0 Å². The first-order chi connectivity index (χ1) is 4.61. The zero-order valence-electron chi connectivity index (χ0n) is 5.42. The van der Waals surface area contributed by atoms with Crippen LogP contribution in [0.4, 0.5) is 7.77 Å². The summed E-state index contributed by atoms with van der Waals surface area (Å²) in [7, 11) is -3.61. The zero-order chi connectivity index (χ0) is 7.61. The molecule has 0 aromatic carbocycles. The maximum atomic E-state index is 12.5. The van der Waals surface area contributed by atoms with Gasteiger partial charge in [-0.3, -0.25) is 0 Å². The van der Waals surface area contributed by atoms with E-state index in [1.54, 1.807) is 12.1 Å². The second-order valence-electron chi connectivity index (χ2n) is 1.89. The lowest BCUT2D eigenvalue weighted by Gasteiger charge is -2.11. The van der Waals surface area contributed by atoms with Crippen LogP contribution in [0.15, 0.2) is 29.4 Å². The molecule has 0 unspecified atom stereocenters. The van der Waals surface area contributed by atoms with Gasteiger partial charge in [-0.15, -0.1) is 0 Å². The van der Waals surface area contributed by atoms with Crippen LogP contribution in [0.1, 0.15) is 0 Å². The van der Waals surface area contributed by atoms with E-state index in [1.165, 1.54) is 12.3 Å². The molecular weight excluding hydrogens is 156 g/mol. The molecule has 1 rings (SSSR count). The summed E-state index contributed by atoms with van der Waals surface area (Å²) >= 11 is 0. The molecule has 0 bridgehead atoms. The minimum Gasteiger partial charge on any atom is -0.247 e. The Kier molecular flexibility index (Phi) is 1.89. The van der Waals surface area contributed by atoms with Gasteiger partial charge in [-0.2, -0.15) is 7.77 Å². The Morgan fingerprint density at radius 1 is 1.40 bits per heavy atom. The second-order valence-corrected chi connectivity index (χ2v) is 3.76. The molecule has 10 heavy (non-hydrogen) atoms. The van der Waals surface area contributed by atoms with Crippen molar-refractivity contribution in [3.05, 3.63) is 24.4 Å². The summed E-state index contributed by atoms with van der Waals surface area (Å²) in [5.74, 6) is 0. The van der Waals surface area contributed by atoms with Crippen molar-refractivity contribution in [2.45, 2.75) is 5.03 Å². The van der Waals surface area contributed by atoms with Gasteiger partial charge in [0.15, 0.2) is 0 Å². The van der Waals surface area contributed by atoms with Gasteiger partial charge in [-0.1, -0.05) is 6.07 Å². The maximum absolute atomic E-state index is 12.5. The van der Waals surface area contributed by atoms with Crippen LogP contribution in [-0.4, -0.2) is 11.2 Å². The summed E-state index contributed by atoms with van der Waals surface area (Å²) < 4.78 is 25.0. The van der Waals surface area contributed by atoms with Gasteiger partial charge in [0.05, 0.1) is 10.8 Å². The third kappa shape index (κ3) is 1.67. The molecular formula is C6H7F2NS. The average molecular weight is 163 g/mol. The number of nitrogens with zero attached hydrogens (tertiary/aromatic N) is 1. The molecule has 0 fully saturated rings. The molecule has 0 saturated carbocycles. The molecule has 0 radical (unpaired) electrons. The highest BCUT2D eigenvalue weighted by Gasteiger charge is 2.18. The third-order valence-electron chi connectivity index (χ3n) is 1.00. The van der Waals surface area contributed by atoms with Crippen LogP contribution in [-0.2, 0) is 0 Å². The van der Waals surface area contributed by atoms with Crippen LogP contribution < -0.4 is 0 Å². The summed E-state index contributed by atoms with van der Waals surface area (Å²) in [4.78, 5) is 3.54. The third-order valence-corrected chi connectivity index (χ3v) is 1.98. The van der Waals surface area contributed by atoms with E-state index in [4.69, 9.17) is 0 Å². The fourth-order valence-corrected chi connectivity index (χ4v) is 1.12. The topological polar surface area (TPSA) is 12.9 Å². The zero-order valence-corrected chi connectivity index (χ0v) is 6.24. The number of hydrogen-bond donors (Lipinski definition) is 0. The van der Waals surface area contributed by atoms with E-state index in [9.17, 15) is 7.77 Å². The van der Waals surface area contributed by atoms with E-state index in [0.717, 1.165) is 6.26 Å². The first kappa shape index (κ1) is 7.47. The summed E-state index contributed by atoms with van der Waals surface area (Å²) in [5.41, 5.74) is 0. The monoisotopic (exact) mass is 163 g/mol. The largest absolute Gasteiger partial charge is 0.247 e. The number of halogens is 2. The summed E-state index contributed by atoms with van der Waals surface area (Å²) in [6.07, 6.45) is 2.29. The van der Waals surface area contributed by atoms with E-state index in [2.05, 4.69) is 4.98 Å². The number of hydrogen-bond acceptors (Lipinski definition) is 1. The van der Waals surface area contributed by atoms with E-state index in [0.29, 0.717) is 0 Å². The van der Waals surface area contributed by atoms with Crippen LogP contribution in [0.2, 0.25) is 0 Å². The maximum Gasteiger partial charge on any atom is 0.134 e. The summed E-state index contributed by atoms with van der Waals surface area (Å²) in [5, 5.41) is -0.102. The van der Waals surface area contributed by atoms with E-state index >= 15 is 0 Å². The molecule has 0 amide bonds. The Morgan fingerprint density at radius 3 is 2.40 bits per heavy atom. The van der Waals surface area contributed by atoms with E-state index in [1.807, 2.05) is 0 Å². The molecule has 0 saturated heterocycles. The molecule has 1 nitrogen and oxygen atoms in total. The quantitative estimate of drug-likeness (QED) is 0.620. The smallest absolute Gasteiger partial charge is 0.134 e. The Balaban J connectivity index is 2.97. The van der Waals surface area contributed by atoms with Crippen molar-refractivity contribution >= 4 is 10.8 Å². The van der Waals surface area contributed by atoms with Crippen LogP contribution in [0, 0.1) is 0 Å². The van der Waals surface area contributed by atoms with Crippen LogP contribution in [0.5, 0.6) is 0 Å². The minimum atomic E-state index is -3.61. The van der Waals surface area contributed by atoms with E-state index in [-0.39, 0.29) is 5.03 Å². The Labute approximate surface area is 60.0 Å². The van der Waals surface area contributed by atoms with E-state index < -0.39 is 10.8 Å². The molecule has 0 spiro atoms. The normalized spacial score (nSPS) is 13.1. The Morgan fingerprint density at radius 2 is 2.10 bits per heavy atom. The predicted octanol–water partition coefficient (Wildman–Crippen LogP) is 2.64. The van der Waals surface area contributed by atoms with Gasteiger partial charge < -0.3 is 0 Å². The van der Waals surface area contributed by atoms with Crippen LogP contribution in [0.25, 0.3) is 0 Å². The standard InChI is InChI=1S/C6H7F2NS/c1-10(7,8)6-4-2-3-5-9-6/h2-5H,1H3. The first-order valence-electron chi connectivity index (χ1n) is 2.69. The molecule has 1 aromatic heterocycles. The molecule has 0 atom stereocenters. The van der Waals surface area contributed by atoms with Gasteiger partial charge in [-0.25, -0.2) is 4.98 Å². The van der Waals surface area contributed by atoms with Crippen molar-refractivity contribution in [3.63, 3.8) is 0 Å². The molecule has 0 aliphatic carbocycles. The lowest BCUT2D eigenvalue weighted by Crippen LogP contribution is -1.86. The fraction of sp³-hybridized carbons (Fsp3) is 0.167. The highest BCUT2D eigenvalue weighted by molar-refractivity contribution is 8.24. The molecule has 0 aliphatic rings. The molecule has 0 N–H and O–H groups in total. The van der Waals surface area contributed by atoms with Gasteiger partial charge in [0.1, 0.15) is 5.03 Å². The number of pyridine rings is 1. The molecule has 1 aromatic rings. The van der Waals surface area contributed by atoms with Gasteiger partial charge in [0.2, 0.25) is 0 Å². The van der Waals surface area contributed by atoms with Crippen molar-refractivity contribution < 1.29 is 7.77 Å². The molecule has 56 valence electrons. The number of rotatable bonds is 1. The number of aromatic nitrogens is 1. The average Bonchev–Trinajstić information content (AvgIpc) is 1.88. The van der Waals surface area contributed by atoms with Gasteiger partial charge in [-0.05, 0) is 12.1 Å². The van der Waals surface area contributed by atoms with Crippen molar-refractivity contribution in [1.29, 1.82) is 0 Å². The lowest BCUT2D eigenvalue weighted by molar-refractivity contribution is 0.740. The Bertz CT molecular complexity index is 207. The lowest BCUT2D eigenvalue weighted by atomic mass is 10.5. The molecule has 1 heterocycles. The minimum absolute atomic E-state index is 0.102. The highest BCUT2D eigenvalue weighted by atomic mass is 32.3. The predicted molar refractivity (Wildman–Crippen MR) is 38.2 cm³/mol. The second kappa shape index (κ2) is 2.54. The SMILES string of the molecule is CS(F)(F)c1ccccn1. The van der Waals surface area contributed by atoms with Gasteiger partial charge >= 0.3 is 0 Å². The summed E-state index contributed by atoms with van der Waals surface area (Å²) in [6, 6.07) is 4.52. The first-order valence-corrected chi connectivity index (χ1v) is 4.53. The van der Waals surface area contributed by atoms with Crippen molar-refractivity contribution in [2.24, 2.45) is 0 Å². The van der Waals surface area contributed by atoms with Crippen molar-refractivity contribution in [3.8, 4) is 0 Å². The van der Waals surface area contributed by atoms with Gasteiger partial charge in [0.25, 0.3) is 0 Å². The fourth-order valence-electron chi connectivity index (χ4n) is 0.559. The van der Waals surface area contributed by atoms with Crippen molar-refractivity contribution in [1.82, 2.24) is 4.98 Å². The molecule has 0 aliphatic heterocycles. The summed E-state index contributed by atoms with van der Waals surface area (Å²) in [6.45, 7) is 0. The highest BCUT2D eigenvalue weighted by Crippen LogP contribution is 2.54. The van der Waals surface area contributed by atoms with Gasteiger partial charge in [0, 0.05) is 12.5 Å². The molecule has 4 heteroatoms. The Hall–Kier alpha value is -0.640. The van der Waals surface area contributed by atoms with Crippen LogP contribution >= 0.6 is 10.8 Å². The van der Waals surface area contributed by atoms with Crippen molar-refractivity contribution in [2.75, 3.05) is 6.26 Å².